The Labute approximate surface area is 111 Å². The number of aryl methyl sites for hydroxylation is 1. The Morgan fingerprint density at radius 3 is 2.89 bits per heavy atom. The lowest BCUT2D eigenvalue weighted by Gasteiger charge is -1.98. The molecular formula is C10H7ClN6O2. The standard InChI is InChI=1S/C10H7ClN6O2/c1-5-13-14-10-12-9(15-16(5)10)6-2-3-7(11)8(4-6)17(18)19/h2-4H,1H3,(H,12,14,15). The first-order valence-corrected chi connectivity index (χ1v) is 5.66. The fraction of sp³-hybridized carbons (Fsp3) is 0.100. The molecule has 9 heteroatoms. The molecule has 0 aliphatic heterocycles. The van der Waals surface area contributed by atoms with Crippen LogP contribution in [0, 0.1) is 17.0 Å². The van der Waals surface area contributed by atoms with Gasteiger partial charge in [0.05, 0.1) is 4.92 Å². The van der Waals surface area contributed by atoms with Gasteiger partial charge in [-0.3, -0.25) is 15.2 Å². The molecule has 0 aliphatic carbocycles. The average Bonchev–Trinajstić information content (AvgIpc) is 2.92. The van der Waals surface area contributed by atoms with Crippen LogP contribution in [0.2, 0.25) is 5.02 Å². The molecule has 0 unspecified atom stereocenters. The number of rotatable bonds is 2. The van der Waals surface area contributed by atoms with E-state index in [9.17, 15) is 10.1 Å². The molecule has 0 atom stereocenters. The fourth-order valence-electron chi connectivity index (χ4n) is 1.71. The molecule has 2 heterocycles. The van der Waals surface area contributed by atoms with Gasteiger partial charge in [0.15, 0.2) is 11.6 Å². The second-order valence-electron chi connectivity index (χ2n) is 3.88. The van der Waals surface area contributed by atoms with Gasteiger partial charge in [0.2, 0.25) is 0 Å². The van der Waals surface area contributed by atoms with E-state index in [1.54, 1.807) is 17.5 Å². The summed E-state index contributed by atoms with van der Waals surface area (Å²) in [4.78, 5) is 14.5. The van der Waals surface area contributed by atoms with Crippen LogP contribution in [-0.2, 0) is 0 Å². The van der Waals surface area contributed by atoms with E-state index in [-0.39, 0.29) is 10.7 Å². The van der Waals surface area contributed by atoms with Gasteiger partial charge in [0, 0.05) is 11.6 Å². The van der Waals surface area contributed by atoms with Crippen LogP contribution in [0.3, 0.4) is 0 Å². The topological polar surface area (TPSA) is 102 Å². The Morgan fingerprint density at radius 2 is 2.21 bits per heavy atom. The first-order chi connectivity index (χ1) is 9.06. The maximum absolute atomic E-state index is 10.8. The van der Waals surface area contributed by atoms with Gasteiger partial charge in [-0.15, -0.1) is 10.2 Å². The third kappa shape index (κ3) is 1.82. The number of nitro groups is 1. The monoisotopic (exact) mass is 278 g/mol. The van der Waals surface area contributed by atoms with Gasteiger partial charge in [-0.1, -0.05) is 11.6 Å². The molecule has 0 saturated heterocycles. The Balaban J connectivity index is 2.15. The molecule has 1 N–H and O–H groups in total. The van der Waals surface area contributed by atoms with Crippen molar-refractivity contribution in [1.82, 2.24) is 24.8 Å². The predicted octanol–water partition coefficient (Wildman–Crippen LogP) is 1.99. The third-order valence-electron chi connectivity index (χ3n) is 2.65. The number of aromatic amines is 1. The number of nitrogens with zero attached hydrogens (tertiary/aromatic N) is 5. The smallest absolute Gasteiger partial charge is 0.272 e. The largest absolute Gasteiger partial charge is 0.288 e. The first-order valence-electron chi connectivity index (χ1n) is 5.28. The Kier molecular flexibility index (Phi) is 2.46. The van der Waals surface area contributed by atoms with Gasteiger partial charge < -0.3 is 0 Å². The Bertz CT molecular complexity index is 793. The number of hydrogen-bond acceptors (Lipinski definition) is 5. The van der Waals surface area contributed by atoms with Crippen molar-refractivity contribution in [3.05, 3.63) is 39.2 Å². The van der Waals surface area contributed by atoms with Crippen molar-refractivity contribution in [2.45, 2.75) is 6.92 Å². The lowest BCUT2D eigenvalue weighted by atomic mass is 10.2. The average molecular weight is 279 g/mol. The highest BCUT2D eigenvalue weighted by Gasteiger charge is 2.16. The minimum absolute atomic E-state index is 0.0860. The molecule has 1 aromatic carbocycles. The third-order valence-corrected chi connectivity index (χ3v) is 2.97. The molecule has 19 heavy (non-hydrogen) atoms. The second kappa shape index (κ2) is 4.02. The van der Waals surface area contributed by atoms with Crippen molar-refractivity contribution in [1.29, 1.82) is 0 Å². The summed E-state index contributed by atoms with van der Waals surface area (Å²) >= 11 is 5.76. The second-order valence-corrected chi connectivity index (χ2v) is 4.29. The maximum atomic E-state index is 10.8. The van der Waals surface area contributed by atoms with Gasteiger partial charge in [0.1, 0.15) is 5.02 Å². The molecule has 0 aliphatic rings. The number of hydrogen-bond donors (Lipinski definition) is 1. The molecular weight excluding hydrogens is 272 g/mol. The minimum Gasteiger partial charge on any atom is -0.272 e. The Morgan fingerprint density at radius 1 is 1.42 bits per heavy atom. The summed E-state index contributed by atoms with van der Waals surface area (Å²) in [5.74, 6) is 1.52. The summed E-state index contributed by atoms with van der Waals surface area (Å²) in [5.41, 5.74) is 0.393. The zero-order chi connectivity index (χ0) is 13.6. The molecule has 0 radical (unpaired) electrons. The number of fused-ring (bicyclic) bond motifs is 1. The molecule has 0 fully saturated rings. The summed E-state index contributed by atoms with van der Waals surface area (Å²) in [6.07, 6.45) is 0. The minimum atomic E-state index is -0.535. The highest BCUT2D eigenvalue weighted by molar-refractivity contribution is 6.32. The zero-order valence-electron chi connectivity index (χ0n) is 9.66. The molecule has 0 amide bonds. The number of benzene rings is 1. The van der Waals surface area contributed by atoms with Crippen molar-refractivity contribution in [2.24, 2.45) is 0 Å². The highest BCUT2D eigenvalue weighted by atomic mass is 35.5. The van der Waals surface area contributed by atoms with Crippen molar-refractivity contribution >= 4 is 23.1 Å². The summed E-state index contributed by atoms with van der Waals surface area (Å²) in [6, 6.07) is 4.48. The van der Waals surface area contributed by atoms with Crippen LogP contribution in [0.5, 0.6) is 0 Å². The van der Waals surface area contributed by atoms with Crippen LogP contribution in [-0.4, -0.2) is 29.7 Å². The number of nitro benzene ring substituents is 1. The summed E-state index contributed by atoms with van der Waals surface area (Å²) in [5, 5.41) is 21.6. The van der Waals surface area contributed by atoms with E-state index in [1.807, 2.05) is 0 Å². The molecule has 8 nitrogen and oxygen atoms in total. The lowest BCUT2D eigenvalue weighted by Crippen LogP contribution is -1.92. The summed E-state index contributed by atoms with van der Waals surface area (Å²) < 4.78 is 1.59. The van der Waals surface area contributed by atoms with E-state index in [2.05, 4.69) is 20.3 Å². The van der Waals surface area contributed by atoms with E-state index in [0.29, 0.717) is 23.0 Å². The number of aromatic nitrogens is 5. The quantitative estimate of drug-likeness (QED) is 0.570. The van der Waals surface area contributed by atoms with Crippen LogP contribution >= 0.6 is 11.6 Å². The van der Waals surface area contributed by atoms with E-state index in [4.69, 9.17) is 11.6 Å². The predicted molar refractivity (Wildman–Crippen MR) is 67.0 cm³/mol. The molecule has 0 bridgehead atoms. The fourth-order valence-corrected chi connectivity index (χ4v) is 1.90. The first kappa shape index (κ1) is 11.6. The number of nitrogens with one attached hydrogen (secondary N) is 1. The normalized spacial score (nSPS) is 11.1. The number of H-pyrrole nitrogens is 1. The van der Waals surface area contributed by atoms with Crippen LogP contribution < -0.4 is 0 Å². The lowest BCUT2D eigenvalue weighted by molar-refractivity contribution is -0.384. The molecule has 3 aromatic rings. The maximum Gasteiger partial charge on any atom is 0.288 e. The van der Waals surface area contributed by atoms with Crippen LogP contribution in [0.15, 0.2) is 18.2 Å². The summed E-state index contributed by atoms with van der Waals surface area (Å²) in [6.45, 7) is 1.77. The number of halogens is 1. The highest BCUT2D eigenvalue weighted by Crippen LogP contribution is 2.29. The molecule has 0 spiro atoms. The molecule has 2 aromatic heterocycles. The summed E-state index contributed by atoms with van der Waals surface area (Å²) in [7, 11) is 0. The molecule has 96 valence electrons. The molecule has 3 rings (SSSR count). The van der Waals surface area contributed by atoms with Crippen molar-refractivity contribution in [2.75, 3.05) is 0 Å². The van der Waals surface area contributed by atoms with E-state index in [0.717, 1.165) is 0 Å². The van der Waals surface area contributed by atoms with Crippen molar-refractivity contribution in [3.8, 4) is 11.4 Å². The van der Waals surface area contributed by atoms with Gasteiger partial charge in [-0.2, -0.15) is 4.98 Å². The van der Waals surface area contributed by atoms with E-state index in [1.165, 1.54) is 12.1 Å². The SMILES string of the molecule is Cc1nnc2nc(-c3ccc(Cl)c([N+](=O)[O-])c3)[nH]n12. The van der Waals surface area contributed by atoms with Crippen LogP contribution in [0.4, 0.5) is 5.69 Å². The van der Waals surface area contributed by atoms with Gasteiger partial charge in [-0.25, -0.2) is 4.52 Å². The zero-order valence-corrected chi connectivity index (χ0v) is 10.4. The molecule has 0 saturated carbocycles. The van der Waals surface area contributed by atoms with Crippen LogP contribution in [0.1, 0.15) is 5.82 Å². The van der Waals surface area contributed by atoms with Crippen molar-refractivity contribution < 1.29 is 4.92 Å². The van der Waals surface area contributed by atoms with Gasteiger partial charge in [-0.05, 0) is 19.1 Å². The van der Waals surface area contributed by atoms with Crippen molar-refractivity contribution in [3.63, 3.8) is 0 Å². The van der Waals surface area contributed by atoms with E-state index >= 15 is 0 Å². The van der Waals surface area contributed by atoms with Crippen LogP contribution in [0.25, 0.3) is 17.2 Å². The van der Waals surface area contributed by atoms with Gasteiger partial charge in [0.25, 0.3) is 11.5 Å². The van der Waals surface area contributed by atoms with E-state index < -0.39 is 4.92 Å². The Hall–Kier alpha value is -2.48. The van der Waals surface area contributed by atoms with Gasteiger partial charge >= 0.3 is 0 Å².